The molecule has 1 heterocycles. The van der Waals surface area contributed by atoms with Crippen LogP contribution < -0.4 is 0 Å². The minimum atomic E-state index is 0.0301. The molecule has 2 atom stereocenters. The Morgan fingerprint density at radius 3 is 2.40 bits per heavy atom. The number of phenolic OH excluding ortho intramolecular Hbond substituents is 2. The van der Waals surface area contributed by atoms with Crippen LogP contribution in [0.25, 0.3) is 0 Å². The van der Waals surface area contributed by atoms with Gasteiger partial charge in [-0.15, -0.1) is 11.8 Å². The Balaban J connectivity index is 2.04. The number of phenols is 2. The van der Waals surface area contributed by atoms with Crippen molar-refractivity contribution in [2.75, 3.05) is 5.75 Å². The molecule has 0 fully saturated rings. The molecule has 0 bridgehead atoms. The van der Waals surface area contributed by atoms with Gasteiger partial charge in [0, 0.05) is 16.1 Å². The van der Waals surface area contributed by atoms with Crippen LogP contribution in [-0.4, -0.2) is 16.0 Å². The summed E-state index contributed by atoms with van der Waals surface area (Å²) >= 11 is 1.79. The second kappa shape index (κ2) is 4.74. The molecule has 2 aromatic carbocycles. The Kier molecular flexibility index (Phi) is 3.17. The van der Waals surface area contributed by atoms with Gasteiger partial charge in [0.1, 0.15) is 11.5 Å². The molecule has 2 aromatic rings. The average Bonchev–Trinajstić information content (AvgIpc) is 2.44. The van der Waals surface area contributed by atoms with E-state index in [1.165, 1.54) is 16.0 Å². The van der Waals surface area contributed by atoms with E-state index in [0.717, 1.165) is 5.75 Å². The van der Waals surface area contributed by atoms with Crippen LogP contribution in [0.5, 0.6) is 11.5 Å². The summed E-state index contributed by atoms with van der Waals surface area (Å²) in [5.41, 5.74) is 2.56. The topological polar surface area (TPSA) is 40.5 Å². The highest BCUT2D eigenvalue weighted by atomic mass is 32.2. The van der Waals surface area contributed by atoms with Gasteiger partial charge in [-0.2, -0.15) is 0 Å². The van der Waals surface area contributed by atoms with Gasteiger partial charge in [0.05, 0.1) is 0 Å². The Hall–Kier alpha value is -1.61. The molecule has 20 heavy (non-hydrogen) atoms. The summed E-state index contributed by atoms with van der Waals surface area (Å²) in [6.45, 7) is 4.51. The van der Waals surface area contributed by atoms with Crippen molar-refractivity contribution in [3.8, 4) is 11.5 Å². The number of rotatable bonds is 1. The molecule has 0 aliphatic carbocycles. The molecule has 0 saturated heterocycles. The number of benzene rings is 2. The van der Waals surface area contributed by atoms with Crippen molar-refractivity contribution in [2.24, 2.45) is 0 Å². The number of hydrogen-bond donors (Lipinski definition) is 2. The second-order valence-electron chi connectivity index (χ2n) is 5.70. The van der Waals surface area contributed by atoms with Gasteiger partial charge >= 0.3 is 0 Å². The molecule has 0 unspecified atom stereocenters. The van der Waals surface area contributed by atoms with E-state index in [9.17, 15) is 10.2 Å². The third-order valence-electron chi connectivity index (χ3n) is 4.47. The highest BCUT2D eigenvalue weighted by molar-refractivity contribution is 7.99. The first-order chi connectivity index (χ1) is 9.50. The maximum absolute atomic E-state index is 9.61. The van der Waals surface area contributed by atoms with E-state index in [1.807, 2.05) is 24.3 Å². The zero-order valence-corrected chi connectivity index (χ0v) is 12.4. The molecule has 1 aliphatic heterocycles. The number of thioether (sulfide) groups is 1. The van der Waals surface area contributed by atoms with Crippen molar-refractivity contribution < 1.29 is 10.2 Å². The molecular weight excluding hydrogens is 268 g/mol. The summed E-state index contributed by atoms with van der Waals surface area (Å²) in [5.74, 6) is 1.97. The van der Waals surface area contributed by atoms with E-state index in [1.54, 1.807) is 30.0 Å². The van der Waals surface area contributed by atoms with E-state index in [2.05, 4.69) is 13.8 Å². The van der Waals surface area contributed by atoms with E-state index >= 15 is 0 Å². The van der Waals surface area contributed by atoms with Gasteiger partial charge in [0.25, 0.3) is 0 Å². The Bertz CT molecular complexity index is 636. The Morgan fingerprint density at radius 2 is 1.70 bits per heavy atom. The lowest BCUT2D eigenvalue weighted by Crippen LogP contribution is -2.34. The SMILES string of the molecule is C[C@@H]1c2ccc(O)cc2SC[C@]1(C)c1ccc(O)cc1. The predicted molar refractivity (Wildman–Crippen MR) is 82.7 cm³/mol. The molecule has 2 N–H and O–H groups in total. The average molecular weight is 286 g/mol. The smallest absolute Gasteiger partial charge is 0.116 e. The lowest BCUT2D eigenvalue weighted by atomic mass is 9.71. The van der Waals surface area contributed by atoms with Crippen LogP contribution in [0.3, 0.4) is 0 Å². The van der Waals surface area contributed by atoms with Gasteiger partial charge < -0.3 is 10.2 Å². The first-order valence-electron chi connectivity index (χ1n) is 6.76. The van der Waals surface area contributed by atoms with Crippen molar-refractivity contribution in [1.29, 1.82) is 0 Å². The fourth-order valence-corrected chi connectivity index (χ4v) is 4.36. The van der Waals surface area contributed by atoms with Crippen molar-refractivity contribution in [1.82, 2.24) is 0 Å². The van der Waals surface area contributed by atoms with Crippen molar-refractivity contribution in [3.63, 3.8) is 0 Å². The van der Waals surface area contributed by atoms with Gasteiger partial charge in [-0.05, 0) is 41.3 Å². The van der Waals surface area contributed by atoms with Crippen LogP contribution in [0.2, 0.25) is 0 Å². The van der Waals surface area contributed by atoms with Gasteiger partial charge in [-0.1, -0.05) is 32.0 Å². The highest BCUT2D eigenvalue weighted by Gasteiger charge is 2.38. The first-order valence-corrected chi connectivity index (χ1v) is 7.74. The monoisotopic (exact) mass is 286 g/mol. The molecule has 0 saturated carbocycles. The van der Waals surface area contributed by atoms with E-state index in [4.69, 9.17) is 0 Å². The van der Waals surface area contributed by atoms with Gasteiger partial charge in [0.2, 0.25) is 0 Å². The van der Waals surface area contributed by atoms with Crippen LogP contribution in [-0.2, 0) is 5.41 Å². The molecule has 2 nitrogen and oxygen atoms in total. The van der Waals surface area contributed by atoms with E-state index < -0.39 is 0 Å². The Labute approximate surface area is 123 Å². The summed E-state index contributed by atoms with van der Waals surface area (Å²) in [6.07, 6.45) is 0. The maximum Gasteiger partial charge on any atom is 0.116 e. The summed E-state index contributed by atoms with van der Waals surface area (Å²) in [6, 6.07) is 13.2. The minimum Gasteiger partial charge on any atom is -0.508 e. The van der Waals surface area contributed by atoms with E-state index in [-0.39, 0.29) is 5.41 Å². The molecule has 3 heteroatoms. The van der Waals surface area contributed by atoms with Crippen molar-refractivity contribution in [2.45, 2.75) is 30.1 Å². The van der Waals surface area contributed by atoms with Crippen LogP contribution >= 0.6 is 11.8 Å². The molecule has 3 rings (SSSR count). The summed E-state index contributed by atoms with van der Waals surface area (Å²) in [4.78, 5) is 1.17. The standard InChI is InChI=1S/C17H18O2S/c1-11-15-8-7-14(19)9-16(15)20-10-17(11,2)12-3-5-13(18)6-4-12/h3-9,11,18-19H,10H2,1-2H3/t11-,17+/m1/s1. The number of aromatic hydroxyl groups is 2. The molecule has 1 aliphatic rings. The Morgan fingerprint density at radius 1 is 1.05 bits per heavy atom. The second-order valence-corrected chi connectivity index (χ2v) is 6.71. The quantitative estimate of drug-likeness (QED) is 0.822. The zero-order chi connectivity index (χ0) is 14.3. The van der Waals surface area contributed by atoms with Gasteiger partial charge in [-0.3, -0.25) is 0 Å². The van der Waals surface area contributed by atoms with Crippen LogP contribution in [0.4, 0.5) is 0 Å². The first kappa shape index (κ1) is 13.4. The zero-order valence-electron chi connectivity index (χ0n) is 11.6. The molecule has 0 aromatic heterocycles. The maximum atomic E-state index is 9.61. The van der Waals surface area contributed by atoms with Crippen LogP contribution in [0.1, 0.15) is 30.9 Å². The highest BCUT2D eigenvalue weighted by Crippen LogP contribution is 2.50. The van der Waals surface area contributed by atoms with Gasteiger partial charge in [-0.25, -0.2) is 0 Å². The molecule has 0 amide bonds. The van der Waals surface area contributed by atoms with Crippen molar-refractivity contribution >= 4 is 11.8 Å². The normalized spacial score (nSPS) is 25.2. The van der Waals surface area contributed by atoms with Crippen LogP contribution in [0.15, 0.2) is 47.4 Å². The largest absolute Gasteiger partial charge is 0.508 e. The number of fused-ring (bicyclic) bond motifs is 1. The lowest BCUT2D eigenvalue weighted by molar-refractivity contribution is 0.428. The van der Waals surface area contributed by atoms with Crippen LogP contribution in [0, 0.1) is 0 Å². The molecule has 0 spiro atoms. The summed E-state index contributed by atoms with van der Waals surface area (Å²) in [5, 5.41) is 19.1. The molecule has 104 valence electrons. The fraction of sp³-hybridized carbons (Fsp3) is 0.294. The third-order valence-corrected chi connectivity index (χ3v) is 5.88. The lowest BCUT2D eigenvalue weighted by Gasteiger charge is -2.41. The van der Waals surface area contributed by atoms with E-state index in [0.29, 0.717) is 17.4 Å². The summed E-state index contributed by atoms with van der Waals surface area (Å²) < 4.78 is 0. The molecule has 0 radical (unpaired) electrons. The predicted octanol–water partition coefficient (Wildman–Crippen LogP) is 4.26. The molecular formula is C17H18O2S. The summed E-state index contributed by atoms with van der Waals surface area (Å²) in [7, 11) is 0. The van der Waals surface area contributed by atoms with Crippen molar-refractivity contribution in [3.05, 3.63) is 53.6 Å². The fourth-order valence-electron chi connectivity index (χ4n) is 2.88. The third kappa shape index (κ3) is 2.06. The minimum absolute atomic E-state index is 0.0301. The van der Waals surface area contributed by atoms with Gasteiger partial charge in [0.15, 0.2) is 0 Å². The number of hydrogen-bond acceptors (Lipinski definition) is 3.